The van der Waals surface area contributed by atoms with Crippen molar-refractivity contribution in [3.05, 3.63) is 53.6 Å². The van der Waals surface area contributed by atoms with Gasteiger partial charge in [-0.25, -0.2) is 4.79 Å². The third kappa shape index (κ3) is 2.19. The summed E-state index contributed by atoms with van der Waals surface area (Å²) in [6, 6.07) is 14.4. The van der Waals surface area contributed by atoms with Crippen molar-refractivity contribution < 1.29 is 4.79 Å². The van der Waals surface area contributed by atoms with Crippen molar-refractivity contribution in [2.75, 3.05) is 11.9 Å². The SMILES string of the molecule is CCNC(=O)Nc1ccc2c(c1)Cc1ccccc1-2. The third-order valence-electron chi connectivity index (χ3n) is 3.39. The zero-order valence-electron chi connectivity index (χ0n) is 10.9. The predicted octanol–water partition coefficient (Wildman–Crippen LogP) is 3.40. The molecule has 0 atom stereocenters. The molecule has 2 aromatic carbocycles. The maximum Gasteiger partial charge on any atom is 0.319 e. The molecule has 0 saturated carbocycles. The molecule has 0 heterocycles. The van der Waals surface area contributed by atoms with Crippen LogP contribution >= 0.6 is 0 Å². The number of fused-ring (bicyclic) bond motifs is 3. The first-order valence-corrected chi connectivity index (χ1v) is 6.54. The van der Waals surface area contributed by atoms with Gasteiger partial charge >= 0.3 is 6.03 Å². The van der Waals surface area contributed by atoms with Crippen LogP contribution in [0.1, 0.15) is 18.1 Å². The second-order valence-corrected chi connectivity index (χ2v) is 4.69. The van der Waals surface area contributed by atoms with Crippen LogP contribution in [0.5, 0.6) is 0 Å². The molecule has 1 aliphatic rings. The Morgan fingerprint density at radius 3 is 2.74 bits per heavy atom. The highest BCUT2D eigenvalue weighted by atomic mass is 16.2. The fourth-order valence-corrected chi connectivity index (χ4v) is 2.56. The van der Waals surface area contributed by atoms with Crippen LogP contribution < -0.4 is 10.6 Å². The number of nitrogens with one attached hydrogen (secondary N) is 2. The molecule has 0 saturated heterocycles. The quantitative estimate of drug-likeness (QED) is 0.721. The Hall–Kier alpha value is -2.29. The zero-order chi connectivity index (χ0) is 13.2. The highest BCUT2D eigenvalue weighted by Gasteiger charge is 2.17. The summed E-state index contributed by atoms with van der Waals surface area (Å²) in [6.45, 7) is 2.53. The van der Waals surface area contributed by atoms with Gasteiger partial charge in [0.05, 0.1) is 0 Å². The van der Waals surface area contributed by atoms with E-state index in [9.17, 15) is 4.79 Å². The predicted molar refractivity (Wildman–Crippen MR) is 77.4 cm³/mol. The first-order chi connectivity index (χ1) is 9.28. The van der Waals surface area contributed by atoms with Crippen molar-refractivity contribution in [1.29, 1.82) is 0 Å². The Labute approximate surface area is 112 Å². The van der Waals surface area contributed by atoms with Gasteiger partial charge in [-0.1, -0.05) is 30.3 Å². The number of rotatable bonds is 2. The first-order valence-electron chi connectivity index (χ1n) is 6.54. The van der Waals surface area contributed by atoms with Gasteiger partial charge in [0.2, 0.25) is 0 Å². The number of urea groups is 1. The van der Waals surface area contributed by atoms with Gasteiger partial charge < -0.3 is 10.6 Å². The number of anilines is 1. The highest BCUT2D eigenvalue weighted by molar-refractivity contribution is 5.90. The van der Waals surface area contributed by atoms with Gasteiger partial charge in [0, 0.05) is 12.2 Å². The topological polar surface area (TPSA) is 41.1 Å². The standard InChI is InChI=1S/C16H16N2O/c1-2-17-16(19)18-13-7-8-15-12(10-13)9-11-5-3-4-6-14(11)15/h3-8,10H,2,9H2,1H3,(H2,17,18,19). The molecule has 19 heavy (non-hydrogen) atoms. The molecule has 3 heteroatoms. The van der Waals surface area contributed by atoms with Crippen LogP contribution in [0.3, 0.4) is 0 Å². The summed E-state index contributed by atoms with van der Waals surface area (Å²) < 4.78 is 0. The molecule has 0 unspecified atom stereocenters. The van der Waals surface area contributed by atoms with Crippen LogP contribution in [0.2, 0.25) is 0 Å². The zero-order valence-corrected chi connectivity index (χ0v) is 10.9. The van der Waals surface area contributed by atoms with Gasteiger partial charge in [0.15, 0.2) is 0 Å². The number of carbonyl (C=O) groups excluding carboxylic acids is 1. The number of carbonyl (C=O) groups is 1. The first kappa shape index (κ1) is 11.8. The molecule has 2 amide bonds. The van der Waals surface area contributed by atoms with Gasteiger partial charge in [-0.15, -0.1) is 0 Å². The van der Waals surface area contributed by atoms with E-state index in [1.54, 1.807) is 0 Å². The lowest BCUT2D eigenvalue weighted by molar-refractivity contribution is 0.252. The van der Waals surface area contributed by atoms with Crippen LogP contribution in [0.4, 0.5) is 10.5 Å². The Balaban J connectivity index is 1.87. The van der Waals surface area contributed by atoms with Crippen LogP contribution in [0.15, 0.2) is 42.5 Å². The van der Waals surface area contributed by atoms with E-state index in [0.29, 0.717) is 6.54 Å². The molecule has 3 rings (SSSR count). The average molecular weight is 252 g/mol. The van der Waals surface area contributed by atoms with E-state index in [0.717, 1.165) is 12.1 Å². The Bertz CT molecular complexity index is 634. The minimum Gasteiger partial charge on any atom is -0.338 e. The van der Waals surface area contributed by atoms with Gasteiger partial charge in [-0.05, 0) is 47.7 Å². The molecule has 0 bridgehead atoms. The van der Waals surface area contributed by atoms with Crippen molar-refractivity contribution in [1.82, 2.24) is 5.32 Å². The molecule has 96 valence electrons. The lowest BCUT2D eigenvalue weighted by Gasteiger charge is -2.08. The van der Waals surface area contributed by atoms with Gasteiger partial charge in [0.1, 0.15) is 0 Å². The van der Waals surface area contributed by atoms with Crippen molar-refractivity contribution in [2.45, 2.75) is 13.3 Å². The van der Waals surface area contributed by atoms with E-state index in [2.05, 4.69) is 47.0 Å². The van der Waals surface area contributed by atoms with Crippen LogP contribution in [-0.2, 0) is 6.42 Å². The van der Waals surface area contributed by atoms with Crippen LogP contribution in [0.25, 0.3) is 11.1 Å². The second kappa shape index (κ2) is 4.76. The second-order valence-electron chi connectivity index (χ2n) is 4.69. The molecular weight excluding hydrogens is 236 g/mol. The molecule has 0 radical (unpaired) electrons. The average Bonchev–Trinajstić information content (AvgIpc) is 2.76. The van der Waals surface area contributed by atoms with Crippen molar-refractivity contribution in [2.24, 2.45) is 0 Å². The number of amides is 2. The molecule has 1 aliphatic carbocycles. The monoisotopic (exact) mass is 252 g/mol. The van der Waals surface area contributed by atoms with Gasteiger partial charge in [-0.3, -0.25) is 0 Å². The summed E-state index contributed by atoms with van der Waals surface area (Å²) in [5, 5.41) is 5.58. The summed E-state index contributed by atoms with van der Waals surface area (Å²) in [4.78, 5) is 11.5. The maximum atomic E-state index is 11.5. The van der Waals surface area contributed by atoms with E-state index in [1.165, 1.54) is 22.3 Å². The van der Waals surface area contributed by atoms with Gasteiger partial charge in [0.25, 0.3) is 0 Å². The lowest BCUT2D eigenvalue weighted by atomic mass is 10.1. The van der Waals surface area contributed by atoms with E-state index in [1.807, 2.05) is 13.0 Å². The number of hydrogen-bond acceptors (Lipinski definition) is 1. The Morgan fingerprint density at radius 1 is 1.11 bits per heavy atom. The summed E-state index contributed by atoms with van der Waals surface area (Å²) in [6.07, 6.45) is 0.941. The summed E-state index contributed by atoms with van der Waals surface area (Å²) in [7, 11) is 0. The molecule has 2 N–H and O–H groups in total. The maximum absolute atomic E-state index is 11.5. The fourth-order valence-electron chi connectivity index (χ4n) is 2.56. The van der Waals surface area contributed by atoms with Crippen molar-refractivity contribution in [3.8, 4) is 11.1 Å². The fraction of sp³-hybridized carbons (Fsp3) is 0.188. The third-order valence-corrected chi connectivity index (χ3v) is 3.39. The highest BCUT2D eigenvalue weighted by Crippen LogP contribution is 2.37. The molecule has 0 spiro atoms. The smallest absolute Gasteiger partial charge is 0.319 e. The molecule has 0 fully saturated rings. The summed E-state index contributed by atoms with van der Waals surface area (Å²) in [5.41, 5.74) is 6.06. The Kier molecular flexibility index (Phi) is 2.95. The molecule has 3 nitrogen and oxygen atoms in total. The van der Waals surface area contributed by atoms with Crippen LogP contribution in [0, 0.1) is 0 Å². The van der Waals surface area contributed by atoms with E-state index in [4.69, 9.17) is 0 Å². The van der Waals surface area contributed by atoms with Crippen LogP contribution in [-0.4, -0.2) is 12.6 Å². The van der Waals surface area contributed by atoms with Gasteiger partial charge in [-0.2, -0.15) is 0 Å². The molecular formula is C16H16N2O. The van der Waals surface area contributed by atoms with E-state index >= 15 is 0 Å². The lowest BCUT2D eigenvalue weighted by Crippen LogP contribution is -2.28. The van der Waals surface area contributed by atoms with Crippen molar-refractivity contribution >= 4 is 11.7 Å². The number of benzene rings is 2. The minimum absolute atomic E-state index is 0.155. The largest absolute Gasteiger partial charge is 0.338 e. The minimum atomic E-state index is -0.155. The van der Waals surface area contributed by atoms with E-state index < -0.39 is 0 Å². The summed E-state index contributed by atoms with van der Waals surface area (Å²) >= 11 is 0. The normalized spacial score (nSPS) is 11.6. The summed E-state index contributed by atoms with van der Waals surface area (Å²) in [5.74, 6) is 0. The molecule has 0 aliphatic heterocycles. The number of hydrogen-bond donors (Lipinski definition) is 2. The van der Waals surface area contributed by atoms with Crippen molar-refractivity contribution in [3.63, 3.8) is 0 Å². The molecule has 2 aromatic rings. The molecule has 0 aromatic heterocycles. The van der Waals surface area contributed by atoms with E-state index in [-0.39, 0.29) is 6.03 Å². The Morgan fingerprint density at radius 2 is 1.89 bits per heavy atom.